The summed E-state index contributed by atoms with van der Waals surface area (Å²) >= 11 is 0. The fraction of sp³-hybridized carbons (Fsp3) is 0.857. The van der Waals surface area contributed by atoms with Crippen LogP contribution in [0.2, 0.25) is 0 Å². The summed E-state index contributed by atoms with van der Waals surface area (Å²) < 4.78 is 2.54. The molecule has 0 saturated heterocycles. The zero-order chi connectivity index (χ0) is 33.2. The van der Waals surface area contributed by atoms with Crippen molar-refractivity contribution in [1.82, 2.24) is 10.2 Å². The Morgan fingerprint density at radius 2 is 1.04 bits per heavy atom. The lowest BCUT2D eigenvalue weighted by Gasteiger charge is -2.12. The number of hydrogen-bond acceptors (Lipinski definition) is 2. The number of nitrogens with zero attached hydrogens (tertiary/aromatic N) is 2. The smallest absolute Gasteiger partial charge is 0.247 e. The normalized spacial score (nSPS) is 13.7. The van der Waals surface area contributed by atoms with E-state index in [9.17, 15) is 4.79 Å². The molecule has 0 bridgehead atoms. The maximum Gasteiger partial charge on any atom is 0.247 e. The first-order valence-corrected chi connectivity index (χ1v) is 20.6. The predicted molar refractivity (Wildman–Crippen MR) is 204 cm³/mol. The molecule has 1 amide bonds. The van der Waals surface area contributed by atoms with Crippen LogP contribution in [0.5, 0.6) is 0 Å². The van der Waals surface area contributed by atoms with Gasteiger partial charge < -0.3 is 5.32 Å². The van der Waals surface area contributed by atoms with Gasteiger partial charge in [0.1, 0.15) is 19.6 Å². The standard InChI is InChI=1S/C42H79N3O/c1-4-7-9-11-13-15-17-19-21-23-25-27-29-31-33-35-41(46)43-37-38-45-40-39-44(6-3)42(45)36-34-32-30-28-26-24-22-20-18-16-14-12-10-8-5-2/h19-22H,4-18,23-40H2,1-3H3/p+1/b21-19+,22-20-. The zero-order valence-electron chi connectivity index (χ0n) is 31.4. The second-order valence-corrected chi connectivity index (χ2v) is 14.0. The highest BCUT2D eigenvalue weighted by molar-refractivity contribution is 5.78. The van der Waals surface area contributed by atoms with E-state index in [-0.39, 0.29) is 5.91 Å². The maximum atomic E-state index is 12.4. The molecule has 4 nitrogen and oxygen atoms in total. The van der Waals surface area contributed by atoms with E-state index in [2.05, 4.69) is 59.9 Å². The zero-order valence-corrected chi connectivity index (χ0v) is 31.4. The van der Waals surface area contributed by atoms with Gasteiger partial charge in [-0.2, -0.15) is 0 Å². The Balaban J connectivity index is 2.03. The van der Waals surface area contributed by atoms with Gasteiger partial charge in [-0.05, 0) is 71.1 Å². The van der Waals surface area contributed by atoms with Crippen LogP contribution in [0.25, 0.3) is 0 Å². The summed E-state index contributed by atoms with van der Waals surface area (Å²) in [6.45, 7) is 11.9. The molecule has 0 aliphatic carbocycles. The Morgan fingerprint density at radius 1 is 0.609 bits per heavy atom. The van der Waals surface area contributed by atoms with Crippen LogP contribution in [0.15, 0.2) is 24.3 Å². The molecule has 0 aromatic carbocycles. The number of likely N-dealkylation sites (N-methyl/N-ethyl adjacent to an activating group) is 1. The van der Waals surface area contributed by atoms with Crippen molar-refractivity contribution < 1.29 is 9.37 Å². The second-order valence-electron chi connectivity index (χ2n) is 14.0. The van der Waals surface area contributed by atoms with Crippen molar-refractivity contribution in [2.24, 2.45) is 0 Å². The quantitative estimate of drug-likeness (QED) is 0.0430. The summed E-state index contributed by atoms with van der Waals surface area (Å²) in [4.78, 5) is 15.0. The lowest BCUT2D eigenvalue weighted by molar-refractivity contribution is -0.517. The number of rotatable bonds is 34. The third-order valence-corrected chi connectivity index (χ3v) is 9.78. The topological polar surface area (TPSA) is 35.4 Å². The third-order valence-electron chi connectivity index (χ3n) is 9.78. The van der Waals surface area contributed by atoms with E-state index in [4.69, 9.17) is 0 Å². The first-order chi connectivity index (χ1) is 22.7. The molecule has 1 N–H and O–H groups in total. The maximum absolute atomic E-state index is 12.4. The van der Waals surface area contributed by atoms with Crippen molar-refractivity contribution in [3.63, 3.8) is 0 Å². The minimum Gasteiger partial charge on any atom is -0.352 e. The molecule has 1 aliphatic heterocycles. The molecule has 1 aliphatic rings. The van der Waals surface area contributed by atoms with Gasteiger partial charge in [0.05, 0.1) is 13.1 Å². The number of nitrogens with one attached hydrogen (secondary N) is 1. The predicted octanol–water partition coefficient (Wildman–Crippen LogP) is 11.9. The Labute approximate surface area is 288 Å². The first kappa shape index (κ1) is 42.4. The lowest BCUT2D eigenvalue weighted by Crippen LogP contribution is -2.33. The molecule has 0 spiro atoms. The van der Waals surface area contributed by atoms with E-state index >= 15 is 0 Å². The fourth-order valence-electron chi connectivity index (χ4n) is 6.73. The summed E-state index contributed by atoms with van der Waals surface area (Å²) in [6, 6.07) is 0. The van der Waals surface area contributed by atoms with Gasteiger partial charge in [0.25, 0.3) is 0 Å². The molecule has 0 aromatic rings. The van der Waals surface area contributed by atoms with Gasteiger partial charge in [0.15, 0.2) is 0 Å². The van der Waals surface area contributed by atoms with Crippen LogP contribution in [-0.4, -0.2) is 53.9 Å². The van der Waals surface area contributed by atoms with Crippen molar-refractivity contribution in [3.05, 3.63) is 24.3 Å². The molecule has 268 valence electrons. The van der Waals surface area contributed by atoms with E-state index in [1.54, 1.807) is 0 Å². The van der Waals surface area contributed by atoms with Crippen molar-refractivity contribution in [3.8, 4) is 0 Å². The van der Waals surface area contributed by atoms with Crippen LogP contribution < -0.4 is 5.32 Å². The van der Waals surface area contributed by atoms with Gasteiger partial charge >= 0.3 is 0 Å². The van der Waals surface area contributed by atoms with Crippen molar-refractivity contribution >= 4 is 11.7 Å². The molecule has 0 aromatic heterocycles. The SMILES string of the molecule is CCCCCCCC/C=C\CCCCCCCC1=[N+](CCNC(=O)CCCCCCC/C=C/CCCCCCCC)CCN1CC. The lowest BCUT2D eigenvalue weighted by atomic mass is 10.1. The van der Waals surface area contributed by atoms with Crippen LogP contribution in [-0.2, 0) is 4.79 Å². The first-order valence-electron chi connectivity index (χ1n) is 20.6. The fourth-order valence-corrected chi connectivity index (χ4v) is 6.73. The molecule has 1 heterocycles. The minimum atomic E-state index is 0.239. The van der Waals surface area contributed by atoms with E-state index in [0.29, 0.717) is 6.42 Å². The number of carbonyl (C=O) groups is 1. The van der Waals surface area contributed by atoms with Crippen LogP contribution in [0.3, 0.4) is 0 Å². The van der Waals surface area contributed by atoms with Gasteiger partial charge in [-0.1, -0.05) is 141 Å². The van der Waals surface area contributed by atoms with E-state index in [1.165, 1.54) is 173 Å². The average Bonchev–Trinajstić information content (AvgIpc) is 3.46. The molecule has 0 fully saturated rings. The average molecular weight is 643 g/mol. The number of unbranched alkanes of at least 4 members (excludes halogenated alkanes) is 22. The van der Waals surface area contributed by atoms with Crippen LogP contribution in [0, 0.1) is 0 Å². The molecule has 46 heavy (non-hydrogen) atoms. The molecule has 4 heteroatoms. The number of allylic oxidation sites excluding steroid dienone is 4. The third kappa shape index (κ3) is 25.5. The molecule has 0 unspecified atom stereocenters. The highest BCUT2D eigenvalue weighted by Crippen LogP contribution is 2.14. The van der Waals surface area contributed by atoms with Crippen LogP contribution in [0.1, 0.15) is 201 Å². The molecule has 0 atom stereocenters. The summed E-state index contributed by atoms with van der Waals surface area (Å²) in [6.07, 6.45) is 45.9. The van der Waals surface area contributed by atoms with E-state index in [0.717, 1.165) is 39.1 Å². The molecular weight excluding hydrogens is 562 g/mol. The Bertz CT molecular complexity index is 771. The van der Waals surface area contributed by atoms with Gasteiger partial charge in [-0.25, -0.2) is 0 Å². The number of amides is 1. The summed E-state index contributed by atoms with van der Waals surface area (Å²) in [7, 11) is 0. The van der Waals surface area contributed by atoms with Crippen LogP contribution >= 0.6 is 0 Å². The van der Waals surface area contributed by atoms with Crippen LogP contribution in [0.4, 0.5) is 0 Å². The molecular formula is C42H80N3O+. The highest BCUT2D eigenvalue weighted by Gasteiger charge is 2.28. The minimum absolute atomic E-state index is 0.239. The van der Waals surface area contributed by atoms with Gasteiger partial charge in [-0.15, -0.1) is 0 Å². The summed E-state index contributed by atoms with van der Waals surface area (Å²) in [5, 5.41) is 3.21. The van der Waals surface area contributed by atoms with Gasteiger partial charge in [-0.3, -0.25) is 14.3 Å². The number of hydrogen-bond donors (Lipinski definition) is 1. The number of amidine groups is 1. The second kappa shape index (κ2) is 33.3. The Kier molecular flexibility index (Phi) is 30.7. The molecule has 0 radical (unpaired) electrons. The largest absolute Gasteiger partial charge is 0.352 e. The highest BCUT2D eigenvalue weighted by atomic mass is 16.1. The van der Waals surface area contributed by atoms with E-state index < -0.39 is 0 Å². The summed E-state index contributed by atoms with van der Waals surface area (Å²) in [5.41, 5.74) is 0. The van der Waals surface area contributed by atoms with E-state index in [1.807, 2.05) is 0 Å². The number of carbonyl (C=O) groups excluding carboxylic acids is 1. The summed E-state index contributed by atoms with van der Waals surface area (Å²) in [5.74, 6) is 1.76. The Morgan fingerprint density at radius 3 is 1.52 bits per heavy atom. The molecule has 0 saturated carbocycles. The van der Waals surface area contributed by atoms with Crippen molar-refractivity contribution in [1.29, 1.82) is 0 Å². The monoisotopic (exact) mass is 643 g/mol. The van der Waals surface area contributed by atoms with Gasteiger partial charge in [0.2, 0.25) is 11.7 Å². The molecule has 1 rings (SSSR count). The van der Waals surface area contributed by atoms with Crippen molar-refractivity contribution in [2.75, 3.05) is 32.7 Å². The Hall–Kier alpha value is -1.58. The van der Waals surface area contributed by atoms with Crippen molar-refractivity contribution in [2.45, 2.75) is 201 Å². The van der Waals surface area contributed by atoms with Gasteiger partial charge in [0, 0.05) is 12.8 Å².